The van der Waals surface area contributed by atoms with Crippen molar-refractivity contribution in [3.63, 3.8) is 0 Å². The molecule has 9 heteroatoms. The molecular formula is C24H33F5N2O2. The molecule has 3 rings (SSSR count). The average molecular weight is 477 g/mol. The van der Waals surface area contributed by atoms with E-state index in [1.54, 1.807) is 0 Å². The minimum atomic E-state index is -5.61. The number of halogens is 5. The largest absolute Gasteiger partial charge is 0.458 e. The Hall–Kier alpha value is -1.90. The number of nitrogens with zero attached hydrogens (tertiary/aromatic N) is 1. The number of benzene rings is 1. The number of rotatable bonds is 5. The fraction of sp³-hybridized carbons (Fsp3) is 0.708. The second-order valence-corrected chi connectivity index (χ2v) is 10.3. The molecule has 1 N–H and O–H groups in total. The first kappa shape index (κ1) is 25.7. The topological polar surface area (TPSA) is 41.6 Å². The summed E-state index contributed by atoms with van der Waals surface area (Å²) in [6.07, 6.45) is 0.00136. The van der Waals surface area contributed by atoms with Crippen LogP contribution in [0.4, 0.5) is 26.7 Å². The summed E-state index contributed by atoms with van der Waals surface area (Å²) in [4.78, 5) is 14.6. The summed E-state index contributed by atoms with van der Waals surface area (Å²) in [5.41, 5.74) is -0.643. The van der Waals surface area contributed by atoms with Gasteiger partial charge in [-0.05, 0) is 63.6 Å². The van der Waals surface area contributed by atoms with Crippen LogP contribution >= 0.6 is 0 Å². The Morgan fingerprint density at radius 1 is 1.06 bits per heavy atom. The predicted octanol–water partition coefficient (Wildman–Crippen LogP) is 6.32. The summed E-state index contributed by atoms with van der Waals surface area (Å²) in [6.45, 7) is 7.20. The molecule has 1 heterocycles. The summed E-state index contributed by atoms with van der Waals surface area (Å²) in [6, 6.07) is 3.25. The molecule has 0 radical (unpaired) electrons. The molecule has 0 bridgehead atoms. The highest BCUT2D eigenvalue weighted by atomic mass is 19.4. The monoisotopic (exact) mass is 476 g/mol. The first-order valence-corrected chi connectivity index (χ1v) is 11.5. The number of amides is 1. The van der Waals surface area contributed by atoms with Crippen molar-refractivity contribution in [1.29, 1.82) is 0 Å². The molecule has 1 aromatic carbocycles. The summed E-state index contributed by atoms with van der Waals surface area (Å²) < 4.78 is 71.0. The fourth-order valence-electron chi connectivity index (χ4n) is 4.72. The number of hydrogen-bond donors (Lipinski definition) is 1. The van der Waals surface area contributed by atoms with Gasteiger partial charge in [0.25, 0.3) is 0 Å². The molecule has 186 valence electrons. The Bertz CT molecular complexity index is 842. The minimum absolute atomic E-state index is 0.348. The van der Waals surface area contributed by atoms with Crippen LogP contribution in [0.3, 0.4) is 0 Å². The van der Waals surface area contributed by atoms with Gasteiger partial charge < -0.3 is 10.1 Å². The Morgan fingerprint density at radius 2 is 1.73 bits per heavy atom. The van der Waals surface area contributed by atoms with Gasteiger partial charge in [0, 0.05) is 30.7 Å². The molecular weight excluding hydrogens is 443 g/mol. The van der Waals surface area contributed by atoms with E-state index < -0.39 is 29.4 Å². The molecule has 1 saturated carbocycles. The highest BCUT2D eigenvalue weighted by Gasteiger charge is 2.58. The number of fused-ring (bicyclic) bond motifs is 1. The third-order valence-electron chi connectivity index (χ3n) is 6.50. The van der Waals surface area contributed by atoms with Gasteiger partial charge in [-0.1, -0.05) is 31.4 Å². The zero-order chi connectivity index (χ0) is 24.5. The van der Waals surface area contributed by atoms with Crippen molar-refractivity contribution in [1.82, 2.24) is 10.2 Å². The summed E-state index contributed by atoms with van der Waals surface area (Å²) in [7, 11) is 0. The number of nitrogens with one attached hydrogen (secondary N) is 1. The van der Waals surface area contributed by atoms with E-state index in [4.69, 9.17) is 4.74 Å². The summed E-state index contributed by atoms with van der Waals surface area (Å²) in [5, 5.41) is 3.11. The molecule has 0 spiro atoms. The van der Waals surface area contributed by atoms with E-state index in [-0.39, 0.29) is 5.54 Å². The molecule has 1 amide bonds. The van der Waals surface area contributed by atoms with E-state index >= 15 is 0 Å². The number of hydrogen-bond acceptors (Lipinski definition) is 3. The Balaban J connectivity index is 1.65. The highest BCUT2D eigenvalue weighted by Crippen LogP contribution is 2.44. The van der Waals surface area contributed by atoms with Crippen LogP contribution in [-0.2, 0) is 23.6 Å². The molecule has 1 fully saturated rings. The highest BCUT2D eigenvalue weighted by molar-refractivity contribution is 5.68. The molecule has 0 aromatic heterocycles. The van der Waals surface area contributed by atoms with Gasteiger partial charge in [0.15, 0.2) is 0 Å². The fourth-order valence-corrected chi connectivity index (χ4v) is 4.72. The Labute approximate surface area is 191 Å². The number of alkyl carbamates (subject to hydrolysis) is 1. The van der Waals surface area contributed by atoms with Crippen molar-refractivity contribution < 1.29 is 31.5 Å². The van der Waals surface area contributed by atoms with Gasteiger partial charge in [-0.2, -0.15) is 22.0 Å². The van der Waals surface area contributed by atoms with Gasteiger partial charge in [-0.3, -0.25) is 4.90 Å². The van der Waals surface area contributed by atoms with Crippen molar-refractivity contribution >= 4 is 6.09 Å². The van der Waals surface area contributed by atoms with E-state index in [1.807, 2.05) is 20.8 Å². The van der Waals surface area contributed by atoms with Gasteiger partial charge in [0.05, 0.1) is 0 Å². The van der Waals surface area contributed by atoms with E-state index in [1.165, 1.54) is 6.07 Å². The lowest BCUT2D eigenvalue weighted by Crippen LogP contribution is -2.52. The maximum atomic E-state index is 13.7. The average Bonchev–Trinajstić information content (AvgIpc) is 2.70. The maximum Gasteiger partial charge on any atom is 0.458 e. The molecule has 1 aliphatic carbocycles. The second-order valence-electron chi connectivity index (χ2n) is 10.3. The van der Waals surface area contributed by atoms with Crippen molar-refractivity contribution in [2.24, 2.45) is 0 Å². The van der Waals surface area contributed by atoms with Crippen LogP contribution in [0.15, 0.2) is 18.2 Å². The van der Waals surface area contributed by atoms with Crippen molar-refractivity contribution in [3.8, 4) is 0 Å². The molecule has 1 aromatic rings. The zero-order valence-electron chi connectivity index (χ0n) is 19.5. The van der Waals surface area contributed by atoms with Crippen LogP contribution in [0.2, 0.25) is 0 Å². The van der Waals surface area contributed by atoms with E-state index in [0.717, 1.165) is 56.2 Å². The summed E-state index contributed by atoms with van der Waals surface area (Å²) >= 11 is 0. The Kier molecular flexibility index (Phi) is 7.32. The molecule has 0 atom stereocenters. The molecule has 0 unspecified atom stereocenters. The maximum absolute atomic E-state index is 13.7. The van der Waals surface area contributed by atoms with Crippen LogP contribution < -0.4 is 5.32 Å². The Morgan fingerprint density at radius 3 is 2.33 bits per heavy atom. The molecule has 0 saturated heterocycles. The lowest BCUT2D eigenvalue weighted by Gasteiger charge is -2.40. The number of carbonyl (C=O) groups excluding carboxylic acids is 1. The van der Waals surface area contributed by atoms with Crippen LogP contribution in [0.5, 0.6) is 0 Å². The lowest BCUT2D eigenvalue weighted by atomic mass is 9.79. The van der Waals surface area contributed by atoms with Gasteiger partial charge in [0.2, 0.25) is 0 Å². The second kappa shape index (κ2) is 9.39. The van der Waals surface area contributed by atoms with E-state index in [9.17, 15) is 26.7 Å². The van der Waals surface area contributed by atoms with E-state index in [0.29, 0.717) is 31.6 Å². The molecule has 33 heavy (non-hydrogen) atoms. The number of carbonyl (C=O) groups is 1. The standard InChI is InChI=1S/C24H33F5N2O2/c1-21(2,3)33-20(32)30-22(10-5-4-6-11-22)12-14-31-13-9-17-15-19(8-7-18(17)16-31)23(25,26)24(27,28)29/h7-8,15H,4-6,9-14,16H2,1-3H3,(H,30,32). The molecule has 1 aliphatic heterocycles. The molecule has 2 aliphatic rings. The van der Waals surface area contributed by atoms with Crippen LogP contribution in [0.25, 0.3) is 0 Å². The number of alkyl halides is 5. The number of ether oxygens (including phenoxy) is 1. The SMILES string of the molecule is CC(C)(C)OC(=O)NC1(CCN2CCc3cc(C(F)(F)C(F)(F)F)ccc3C2)CCCCC1. The van der Waals surface area contributed by atoms with Crippen molar-refractivity contribution in [2.75, 3.05) is 13.1 Å². The van der Waals surface area contributed by atoms with Gasteiger partial charge in [0.1, 0.15) is 5.60 Å². The third-order valence-corrected chi connectivity index (χ3v) is 6.50. The predicted molar refractivity (Wildman–Crippen MR) is 115 cm³/mol. The van der Waals surface area contributed by atoms with Crippen LogP contribution in [0, 0.1) is 0 Å². The van der Waals surface area contributed by atoms with Crippen molar-refractivity contribution in [3.05, 3.63) is 34.9 Å². The zero-order valence-corrected chi connectivity index (χ0v) is 19.5. The van der Waals surface area contributed by atoms with Gasteiger partial charge in [-0.15, -0.1) is 0 Å². The molecule has 4 nitrogen and oxygen atoms in total. The first-order valence-electron chi connectivity index (χ1n) is 11.5. The van der Waals surface area contributed by atoms with Gasteiger partial charge in [-0.25, -0.2) is 4.79 Å². The van der Waals surface area contributed by atoms with Crippen molar-refractivity contribution in [2.45, 2.75) is 95.5 Å². The van der Waals surface area contributed by atoms with Crippen LogP contribution in [0.1, 0.15) is 76.0 Å². The normalized spacial score (nSPS) is 19.6. The van der Waals surface area contributed by atoms with Crippen LogP contribution in [-0.4, -0.2) is 41.4 Å². The minimum Gasteiger partial charge on any atom is -0.444 e. The third kappa shape index (κ3) is 6.37. The van der Waals surface area contributed by atoms with Gasteiger partial charge >= 0.3 is 18.2 Å². The summed E-state index contributed by atoms with van der Waals surface area (Å²) in [5.74, 6) is -4.86. The quantitative estimate of drug-likeness (QED) is 0.506. The first-order chi connectivity index (χ1) is 15.2. The lowest BCUT2D eigenvalue weighted by molar-refractivity contribution is -0.289. The van der Waals surface area contributed by atoms with E-state index in [2.05, 4.69) is 10.2 Å². The smallest absolute Gasteiger partial charge is 0.444 e.